The molecule has 3 aromatic rings. The van der Waals surface area contributed by atoms with Crippen LogP contribution in [0.5, 0.6) is 0 Å². The normalized spacial score (nSPS) is 11.7. The Morgan fingerprint density at radius 3 is 2.88 bits per heavy atom. The van der Waals surface area contributed by atoms with Crippen LogP contribution in [0.2, 0.25) is 0 Å². The van der Waals surface area contributed by atoms with E-state index in [4.69, 9.17) is 4.42 Å². The van der Waals surface area contributed by atoms with Gasteiger partial charge in [0.2, 0.25) is 11.9 Å². The van der Waals surface area contributed by atoms with E-state index in [1.165, 1.54) is 18.6 Å². The van der Waals surface area contributed by atoms with Gasteiger partial charge in [-0.3, -0.25) is 25.0 Å². The van der Waals surface area contributed by atoms with Crippen LogP contribution in [0.3, 0.4) is 0 Å². The quantitative estimate of drug-likeness (QED) is 0.647. The maximum absolute atomic E-state index is 12.1. The molecule has 0 aliphatic carbocycles. The fourth-order valence-corrected chi connectivity index (χ4v) is 1.89. The molecule has 0 spiro atoms. The van der Waals surface area contributed by atoms with Crippen LogP contribution in [-0.4, -0.2) is 38.0 Å². The van der Waals surface area contributed by atoms with Crippen molar-refractivity contribution in [2.45, 2.75) is 13.0 Å². The van der Waals surface area contributed by atoms with E-state index in [0.717, 1.165) is 0 Å². The molecule has 9 nitrogen and oxygen atoms in total. The summed E-state index contributed by atoms with van der Waals surface area (Å²) in [6, 6.07) is 6.10. The molecule has 3 N–H and O–H groups in total. The lowest BCUT2D eigenvalue weighted by Gasteiger charge is -2.11. The topological polar surface area (TPSA) is 126 Å². The summed E-state index contributed by atoms with van der Waals surface area (Å²) < 4.78 is 4.83. The summed E-state index contributed by atoms with van der Waals surface area (Å²) in [5.74, 6) is -0.319. The van der Waals surface area contributed by atoms with Gasteiger partial charge in [0, 0.05) is 6.20 Å². The molecule has 0 bridgehead atoms. The molecule has 3 aromatic heterocycles. The number of H-pyrrole nitrogens is 1. The monoisotopic (exact) mass is 326 g/mol. The number of aromatic nitrogens is 4. The van der Waals surface area contributed by atoms with Crippen LogP contribution < -0.4 is 10.6 Å². The summed E-state index contributed by atoms with van der Waals surface area (Å²) in [6.07, 6.45) is 4.31. The van der Waals surface area contributed by atoms with Gasteiger partial charge in [-0.25, -0.2) is 0 Å². The smallest absolute Gasteiger partial charge is 0.255 e. The van der Waals surface area contributed by atoms with Crippen molar-refractivity contribution in [3.05, 3.63) is 48.6 Å². The fraction of sp³-hybridized carbons (Fsp3) is 0.133. The largest absolute Gasteiger partial charge is 0.472 e. The number of rotatable bonds is 5. The van der Waals surface area contributed by atoms with Gasteiger partial charge in [-0.1, -0.05) is 6.07 Å². The Morgan fingerprint density at radius 2 is 2.17 bits per heavy atom. The van der Waals surface area contributed by atoms with Crippen LogP contribution in [0.4, 0.5) is 5.95 Å². The summed E-state index contributed by atoms with van der Waals surface area (Å²) in [7, 11) is 0. The molecular formula is C15H14N6O3. The molecule has 0 fully saturated rings. The number of carbonyl (C=O) groups excluding carboxylic acids is 2. The molecule has 122 valence electrons. The number of anilines is 1. The second-order valence-corrected chi connectivity index (χ2v) is 4.92. The average molecular weight is 326 g/mol. The molecule has 0 unspecified atom stereocenters. The second-order valence-electron chi connectivity index (χ2n) is 4.92. The van der Waals surface area contributed by atoms with Gasteiger partial charge in [0.15, 0.2) is 5.82 Å². The van der Waals surface area contributed by atoms with Crippen molar-refractivity contribution >= 4 is 17.8 Å². The van der Waals surface area contributed by atoms with Crippen molar-refractivity contribution < 1.29 is 14.0 Å². The van der Waals surface area contributed by atoms with Gasteiger partial charge in [0.05, 0.1) is 11.8 Å². The van der Waals surface area contributed by atoms with Crippen molar-refractivity contribution in [3.63, 3.8) is 0 Å². The van der Waals surface area contributed by atoms with Crippen LogP contribution in [-0.2, 0) is 4.79 Å². The minimum atomic E-state index is -0.774. The molecule has 0 aromatic carbocycles. The Bertz CT molecular complexity index is 828. The van der Waals surface area contributed by atoms with E-state index in [1.807, 2.05) is 6.07 Å². The van der Waals surface area contributed by atoms with E-state index in [0.29, 0.717) is 17.1 Å². The molecule has 9 heteroatoms. The van der Waals surface area contributed by atoms with Crippen LogP contribution in [0, 0.1) is 0 Å². The molecule has 1 atom stereocenters. The second kappa shape index (κ2) is 6.73. The number of nitrogens with zero attached hydrogens (tertiary/aromatic N) is 3. The zero-order valence-corrected chi connectivity index (χ0v) is 12.7. The van der Waals surface area contributed by atoms with Crippen molar-refractivity contribution in [1.29, 1.82) is 0 Å². The predicted octanol–water partition coefficient (Wildman–Crippen LogP) is 1.22. The third-order valence-corrected chi connectivity index (χ3v) is 3.15. The van der Waals surface area contributed by atoms with Crippen LogP contribution in [0.1, 0.15) is 17.3 Å². The number of carbonyl (C=O) groups is 2. The lowest BCUT2D eigenvalue weighted by molar-refractivity contribution is -0.117. The third-order valence-electron chi connectivity index (χ3n) is 3.15. The van der Waals surface area contributed by atoms with Gasteiger partial charge in [-0.2, -0.15) is 4.98 Å². The fourth-order valence-electron chi connectivity index (χ4n) is 1.89. The Kier molecular flexibility index (Phi) is 4.32. The Hall–Kier alpha value is -3.49. The first-order valence-electron chi connectivity index (χ1n) is 7.11. The number of furan rings is 1. The van der Waals surface area contributed by atoms with Gasteiger partial charge in [-0.05, 0) is 25.1 Å². The lowest BCUT2D eigenvalue weighted by atomic mass is 10.2. The van der Waals surface area contributed by atoms with E-state index in [2.05, 4.69) is 30.8 Å². The highest BCUT2D eigenvalue weighted by atomic mass is 16.3. The number of aromatic amines is 1. The van der Waals surface area contributed by atoms with E-state index in [-0.39, 0.29) is 5.95 Å². The molecule has 2 amide bonds. The Balaban J connectivity index is 1.60. The number of hydrogen-bond acceptors (Lipinski definition) is 6. The van der Waals surface area contributed by atoms with Crippen LogP contribution >= 0.6 is 0 Å². The first-order valence-corrected chi connectivity index (χ1v) is 7.11. The van der Waals surface area contributed by atoms with Crippen molar-refractivity contribution in [1.82, 2.24) is 25.5 Å². The molecule has 0 saturated carbocycles. The average Bonchev–Trinajstić information content (AvgIpc) is 3.27. The molecule has 0 aliphatic heterocycles. The maximum atomic E-state index is 12.1. The number of hydrogen-bond donors (Lipinski definition) is 3. The minimum absolute atomic E-state index is 0.102. The molecule has 0 radical (unpaired) electrons. The number of nitrogens with one attached hydrogen (secondary N) is 3. The molecule has 3 rings (SSSR count). The van der Waals surface area contributed by atoms with Crippen LogP contribution in [0.25, 0.3) is 11.5 Å². The third kappa shape index (κ3) is 3.46. The first-order chi connectivity index (χ1) is 11.6. The van der Waals surface area contributed by atoms with Crippen LogP contribution in [0.15, 0.2) is 47.4 Å². The first kappa shape index (κ1) is 15.4. The van der Waals surface area contributed by atoms with Gasteiger partial charge >= 0.3 is 0 Å². The van der Waals surface area contributed by atoms with E-state index < -0.39 is 17.9 Å². The van der Waals surface area contributed by atoms with Gasteiger partial charge in [-0.15, -0.1) is 5.10 Å². The number of amides is 2. The Morgan fingerprint density at radius 1 is 1.29 bits per heavy atom. The maximum Gasteiger partial charge on any atom is 0.255 e. The lowest BCUT2D eigenvalue weighted by Crippen LogP contribution is -2.41. The summed E-state index contributed by atoms with van der Waals surface area (Å²) >= 11 is 0. The van der Waals surface area contributed by atoms with Crippen molar-refractivity contribution in [2.24, 2.45) is 0 Å². The number of pyridine rings is 1. The zero-order chi connectivity index (χ0) is 16.9. The molecular weight excluding hydrogens is 312 g/mol. The van der Waals surface area contributed by atoms with Crippen molar-refractivity contribution in [3.8, 4) is 11.5 Å². The highest BCUT2D eigenvalue weighted by Gasteiger charge is 2.19. The van der Waals surface area contributed by atoms with Gasteiger partial charge < -0.3 is 9.73 Å². The zero-order valence-electron chi connectivity index (χ0n) is 12.7. The molecule has 0 aliphatic rings. The van der Waals surface area contributed by atoms with Crippen molar-refractivity contribution in [2.75, 3.05) is 5.32 Å². The van der Waals surface area contributed by atoms with E-state index in [1.54, 1.807) is 25.3 Å². The predicted molar refractivity (Wildman–Crippen MR) is 83.9 cm³/mol. The molecule has 24 heavy (non-hydrogen) atoms. The SMILES string of the molecule is C[C@@H](NC(=O)c1ccoc1)C(=O)Nc1n[nH]c(-c2ccccn2)n1. The van der Waals surface area contributed by atoms with E-state index in [9.17, 15) is 9.59 Å². The highest BCUT2D eigenvalue weighted by Crippen LogP contribution is 2.12. The van der Waals surface area contributed by atoms with Gasteiger partial charge in [0.1, 0.15) is 18.0 Å². The molecule has 0 saturated heterocycles. The summed E-state index contributed by atoms with van der Waals surface area (Å²) in [5.41, 5.74) is 0.941. The van der Waals surface area contributed by atoms with Gasteiger partial charge in [0.25, 0.3) is 5.91 Å². The summed E-state index contributed by atoms with van der Waals surface area (Å²) in [4.78, 5) is 32.2. The summed E-state index contributed by atoms with van der Waals surface area (Å²) in [6.45, 7) is 1.56. The minimum Gasteiger partial charge on any atom is -0.472 e. The summed E-state index contributed by atoms with van der Waals surface area (Å²) in [5, 5.41) is 11.7. The standard InChI is InChI=1S/C15H14N6O3/c1-9(17-14(23)10-5-7-24-8-10)13(22)19-15-18-12(20-21-15)11-4-2-3-6-16-11/h2-9H,1H3,(H,17,23)(H2,18,19,20,21,22)/t9-/m1/s1. The highest BCUT2D eigenvalue weighted by molar-refractivity contribution is 6.00. The van der Waals surface area contributed by atoms with E-state index >= 15 is 0 Å². The molecule has 3 heterocycles. The Labute approximate surface area is 136 Å².